The standard InChI is InChI=1S/C14H18N2O4/c17-14(18)11-6-2-1-5-10(11)13-15-12(16-20-13)9-4-3-7-19-8-9/h1-2,9-11H,3-8H2,(H,17,18). The van der Waals surface area contributed by atoms with Crippen molar-refractivity contribution in [2.75, 3.05) is 13.2 Å². The van der Waals surface area contributed by atoms with Gasteiger partial charge in [-0.05, 0) is 25.7 Å². The summed E-state index contributed by atoms with van der Waals surface area (Å²) in [6.07, 6.45) is 7.04. The first kappa shape index (κ1) is 13.3. The first-order chi connectivity index (χ1) is 9.75. The highest BCUT2D eigenvalue weighted by Gasteiger charge is 2.34. The number of nitrogens with zero attached hydrogens (tertiary/aromatic N) is 2. The number of carboxylic acid groups (broad SMARTS) is 1. The predicted molar refractivity (Wildman–Crippen MR) is 69.3 cm³/mol. The maximum atomic E-state index is 11.3. The van der Waals surface area contributed by atoms with Gasteiger partial charge in [0.25, 0.3) is 0 Å². The monoisotopic (exact) mass is 278 g/mol. The molecule has 1 aliphatic heterocycles. The summed E-state index contributed by atoms with van der Waals surface area (Å²) in [6.45, 7) is 1.40. The van der Waals surface area contributed by atoms with Crippen LogP contribution in [0.1, 0.15) is 49.2 Å². The average molecular weight is 278 g/mol. The number of carbonyl (C=O) groups is 1. The van der Waals surface area contributed by atoms with Gasteiger partial charge >= 0.3 is 5.97 Å². The van der Waals surface area contributed by atoms with E-state index in [4.69, 9.17) is 9.26 Å². The molecule has 3 atom stereocenters. The van der Waals surface area contributed by atoms with Gasteiger partial charge in [-0.2, -0.15) is 4.98 Å². The summed E-state index contributed by atoms with van der Waals surface area (Å²) in [4.78, 5) is 15.7. The smallest absolute Gasteiger partial charge is 0.307 e. The molecule has 1 aromatic heterocycles. The minimum Gasteiger partial charge on any atom is -0.481 e. The molecule has 20 heavy (non-hydrogen) atoms. The Morgan fingerprint density at radius 3 is 2.95 bits per heavy atom. The van der Waals surface area contributed by atoms with Crippen molar-refractivity contribution < 1.29 is 19.2 Å². The van der Waals surface area contributed by atoms with Crippen molar-refractivity contribution in [2.24, 2.45) is 5.92 Å². The van der Waals surface area contributed by atoms with Crippen LogP contribution >= 0.6 is 0 Å². The number of rotatable bonds is 3. The quantitative estimate of drug-likeness (QED) is 0.852. The van der Waals surface area contributed by atoms with Gasteiger partial charge < -0.3 is 14.4 Å². The Hall–Kier alpha value is -1.69. The van der Waals surface area contributed by atoms with Crippen LogP contribution in [0.3, 0.4) is 0 Å². The molecule has 3 unspecified atom stereocenters. The fourth-order valence-corrected chi connectivity index (χ4v) is 2.87. The van der Waals surface area contributed by atoms with Crippen molar-refractivity contribution in [3.63, 3.8) is 0 Å². The summed E-state index contributed by atoms with van der Waals surface area (Å²) in [5, 5.41) is 13.3. The van der Waals surface area contributed by atoms with Gasteiger partial charge in [0.05, 0.1) is 18.4 Å². The first-order valence-corrected chi connectivity index (χ1v) is 7.04. The predicted octanol–water partition coefficient (Wildman–Crippen LogP) is 2.10. The van der Waals surface area contributed by atoms with Gasteiger partial charge in [0.15, 0.2) is 5.82 Å². The summed E-state index contributed by atoms with van der Waals surface area (Å²) in [6, 6.07) is 0. The lowest BCUT2D eigenvalue weighted by molar-refractivity contribution is -0.142. The number of allylic oxidation sites excluding steroid dienone is 2. The van der Waals surface area contributed by atoms with Crippen LogP contribution in [0.2, 0.25) is 0 Å². The van der Waals surface area contributed by atoms with Crippen molar-refractivity contribution in [1.82, 2.24) is 10.1 Å². The van der Waals surface area contributed by atoms with Gasteiger partial charge in [-0.3, -0.25) is 4.79 Å². The summed E-state index contributed by atoms with van der Waals surface area (Å²) in [7, 11) is 0. The van der Waals surface area contributed by atoms with E-state index >= 15 is 0 Å². The highest BCUT2D eigenvalue weighted by molar-refractivity contribution is 5.71. The average Bonchev–Trinajstić information content (AvgIpc) is 2.98. The molecule has 0 spiro atoms. The largest absolute Gasteiger partial charge is 0.481 e. The van der Waals surface area contributed by atoms with Crippen LogP contribution in [0.25, 0.3) is 0 Å². The molecular weight excluding hydrogens is 260 g/mol. The van der Waals surface area contributed by atoms with E-state index in [9.17, 15) is 9.90 Å². The third-order valence-corrected chi connectivity index (χ3v) is 4.05. The van der Waals surface area contributed by atoms with Crippen LogP contribution in [0.15, 0.2) is 16.7 Å². The van der Waals surface area contributed by atoms with Crippen LogP contribution < -0.4 is 0 Å². The molecule has 0 radical (unpaired) electrons. The Kier molecular flexibility index (Phi) is 3.82. The van der Waals surface area contributed by atoms with E-state index < -0.39 is 11.9 Å². The number of hydrogen-bond acceptors (Lipinski definition) is 5. The Morgan fingerprint density at radius 1 is 1.35 bits per heavy atom. The van der Waals surface area contributed by atoms with Gasteiger partial charge in [0.1, 0.15) is 0 Å². The van der Waals surface area contributed by atoms with E-state index in [1.54, 1.807) is 0 Å². The molecule has 108 valence electrons. The molecule has 1 N–H and O–H groups in total. The Bertz CT molecular complexity index is 505. The Balaban J connectivity index is 1.78. The first-order valence-electron chi connectivity index (χ1n) is 7.04. The SMILES string of the molecule is O=C(O)C1CC=CCC1c1nc(C2CCCOC2)no1. The van der Waals surface area contributed by atoms with Crippen molar-refractivity contribution >= 4 is 5.97 Å². The molecule has 2 aliphatic rings. The highest BCUT2D eigenvalue weighted by Crippen LogP contribution is 2.35. The third-order valence-electron chi connectivity index (χ3n) is 4.05. The lowest BCUT2D eigenvalue weighted by atomic mass is 9.83. The maximum absolute atomic E-state index is 11.3. The summed E-state index contributed by atoms with van der Waals surface area (Å²) in [5.41, 5.74) is 0. The van der Waals surface area contributed by atoms with Crippen molar-refractivity contribution in [1.29, 1.82) is 0 Å². The molecule has 3 rings (SSSR count). The van der Waals surface area contributed by atoms with Crippen LogP contribution in [-0.2, 0) is 9.53 Å². The number of aliphatic carboxylic acids is 1. The fourth-order valence-electron chi connectivity index (χ4n) is 2.87. The Morgan fingerprint density at radius 2 is 2.20 bits per heavy atom. The zero-order valence-corrected chi connectivity index (χ0v) is 11.2. The second-order valence-corrected chi connectivity index (χ2v) is 5.40. The van der Waals surface area contributed by atoms with Gasteiger partial charge in [-0.25, -0.2) is 0 Å². The third kappa shape index (κ3) is 2.60. The zero-order chi connectivity index (χ0) is 13.9. The number of hydrogen-bond donors (Lipinski definition) is 1. The molecule has 6 nitrogen and oxygen atoms in total. The molecule has 0 aromatic carbocycles. The van der Waals surface area contributed by atoms with Crippen LogP contribution in [0.4, 0.5) is 0 Å². The van der Waals surface area contributed by atoms with Gasteiger partial charge in [-0.15, -0.1) is 0 Å². The summed E-state index contributed by atoms with van der Waals surface area (Å²) >= 11 is 0. The van der Waals surface area contributed by atoms with E-state index in [0.717, 1.165) is 19.4 Å². The molecule has 1 aliphatic carbocycles. The molecule has 1 saturated heterocycles. The number of carboxylic acids is 1. The van der Waals surface area contributed by atoms with E-state index in [2.05, 4.69) is 10.1 Å². The second-order valence-electron chi connectivity index (χ2n) is 5.40. The lowest BCUT2D eigenvalue weighted by Gasteiger charge is -2.21. The zero-order valence-electron chi connectivity index (χ0n) is 11.2. The van der Waals surface area contributed by atoms with Crippen LogP contribution in [-0.4, -0.2) is 34.4 Å². The summed E-state index contributed by atoms with van der Waals surface area (Å²) < 4.78 is 10.7. The minimum absolute atomic E-state index is 0.170. The van der Waals surface area contributed by atoms with Crippen molar-refractivity contribution in [2.45, 2.75) is 37.5 Å². The van der Waals surface area contributed by atoms with Crippen LogP contribution in [0.5, 0.6) is 0 Å². The Labute approximate surface area is 116 Å². The molecule has 0 amide bonds. The summed E-state index contributed by atoms with van der Waals surface area (Å²) in [5.74, 6) is -0.233. The van der Waals surface area contributed by atoms with Gasteiger partial charge in [0, 0.05) is 12.5 Å². The van der Waals surface area contributed by atoms with E-state index in [1.165, 1.54) is 0 Å². The van der Waals surface area contributed by atoms with Crippen molar-refractivity contribution in [3.8, 4) is 0 Å². The fraction of sp³-hybridized carbons (Fsp3) is 0.643. The molecule has 0 saturated carbocycles. The minimum atomic E-state index is -0.805. The van der Waals surface area contributed by atoms with Gasteiger partial charge in [-0.1, -0.05) is 17.3 Å². The molecule has 2 heterocycles. The molecule has 0 bridgehead atoms. The van der Waals surface area contributed by atoms with E-state index in [-0.39, 0.29) is 11.8 Å². The normalized spacial score (nSPS) is 30.3. The highest BCUT2D eigenvalue weighted by atomic mass is 16.5. The molecular formula is C14H18N2O4. The topological polar surface area (TPSA) is 85.5 Å². The van der Waals surface area contributed by atoms with Gasteiger partial charge in [0.2, 0.25) is 5.89 Å². The number of aromatic nitrogens is 2. The van der Waals surface area contributed by atoms with E-state index in [1.807, 2.05) is 12.2 Å². The molecule has 6 heteroatoms. The lowest BCUT2D eigenvalue weighted by Crippen LogP contribution is -2.24. The maximum Gasteiger partial charge on any atom is 0.307 e. The van der Waals surface area contributed by atoms with Crippen molar-refractivity contribution in [3.05, 3.63) is 23.9 Å². The van der Waals surface area contributed by atoms with Crippen LogP contribution in [0, 0.1) is 5.92 Å². The van der Waals surface area contributed by atoms with E-state index in [0.29, 0.717) is 31.2 Å². The molecule has 1 fully saturated rings. The number of ether oxygens (including phenoxy) is 1. The second kappa shape index (κ2) is 5.75. The molecule has 1 aromatic rings.